The predicted octanol–water partition coefficient (Wildman–Crippen LogP) is 4.24. The highest BCUT2D eigenvalue weighted by Crippen LogP contribution is 2.39. The minimum Gasteiger partial charge on any atom is -0.435 e. The highest BCUT2D eigenvalue weighted by molar-refractivity contribution is 5.85. The summed E-state index contributed by atoms with van der Waals surface area (Å²) in [5.74, 6) is 0.912. The summed E-state index contributed by atoms with van der Waals surface area (Å²) in [6.07, 6.45) is 6.49. The van der Waals surface area contributed by atoms with E-state index in [-0.39, 0.29) is 18.2 Å². The van der Waals surface area contributed by atoms with Gasteiger partial charge in [0.2, 0.25) is 0 Å². The number of hydrogen-bond acceptors (Lipinski definition) is 3. The first-order valence-corrected chi connectivity index (χ1v) is 8.73. The van der Waals surface area contributed by atoms with E-state index in [1.165, 1.54) is 37.7 Å². The van der Waals surface area contributed by atoms with E-state index < -0.39 is 6.61 Å². The minimum absolute atomic E-state index is 0. The Balaban J connectivity index is 0.00000208. The van der Waals surface area contributed by atoms with Crippen molar-refractivity contribution in [3.05, 3.63) is 29.8 Å². The third-order valence-electron chi connectivity index (χ3n) is 5.09. The minimum atomic E-state index is -2.76. The van der Waals surface area contributed by atoms with Crippen LogP contribution < -0.4 is 10.1 Å². The predicted molar refractivity (Wildman–Crippen MR) is 94.1 cm³/mol. The van der Waals surface area contributed by atoms with Crippen molar-refractivity contribution in [3.63, 3.8) is 0 Å². The van der Waals surface area contributed by atoms with Gasteiger partial charge in [-0.05, 0) is 36.5 Å². The lowest BCUT2D eigenvalue weighted by Crippen LogP contribution is -2.47. The molecule has 6 heteroatoms. The van der Waals surface area contributed by atoms with Crippen molar-refractivity contribution in [2.75, 3.05) is 26.2 Å². The third-order valence-corrected chi connectivity index (χ3v) is 5.09. The number of ether oxygens (including phenoxy) is 1. The summed E-state index contributed by atoms with van der Waals surface area (Å²) in [6, 6.07) is 7.70. The zero-order valence-corrected chi connectivity index (χ0v) is 14.7. The van der Waals surface area contributed by atoms with Crippen LogP contribution in [0.2, 0.25) is 0 Å². The molecule has 1 saturated heterocycles. The number of hydrogen-bond donors (Lipinski definition) is 1. The average molecular weight is 361 g/mol. The molecule has 0 unspecified atom stereocenters. The average Bonchev–Trinajstić information content (AvgIpc) is 2.58. The number of alkyl halides is 2. The third kappa shape index (κ3) is 5.04. The van der Waals surface area contributed by atoms with Crippen molar-refractivity contribution < 1.29 is 13.5 Å². The molecule has 1 aromatic rings. The Morgan fingerprint density at radius 3 is 2.21 bits per heavy atom. The van der Waals surface area contributed by atoms with Crippen LogP contribution in [-0.4, -0.2) is 37.7 Å². The Bertz CT molecular complexity index is 456. The molecule has 136 valence electrons. The van der Waals surface area contributed by atoms with Crippen molar-refractivity contribution in [3.8, 4) is 5.75 Å². The normalized spacial score (nSPS) is 21.3. The van der Waals surface area contributed by atoms with Crippen LogP contribution >= 0.6 is 12.4 Å². The molecule has 1 atom stereocenters. The number of benzene rings is 1. The maximum absolute atomic E-state index is 12.3. The summed E-state index contributed by atoms with van der Waals surface area (Å²) in [4.78, 5) is 2.56. The van der Waals surface area contributed by atoms with Gasteiger partial charge in [-0.15, -0.1) is 12.4 Å². The van der Waals surface area contributed by atoms with Crippen LogP contribution in [0.5, 0.6) is 5.75 Å². The van der Waals surface area contributed by atoms with Gasteiger partial charge in [0.25, 0.3) is 0 Å². The standard InChI is InChI=1S/C18H26F2N2O.ClH/c19-18(20)23-16-8-6-15(7-9-16)17(14-4-2-1-3-5-14)22-12-10-21-11-13-22;/h6-9,14,17-18,21H,1-5,10-13H2;1H/t17-;/m0./s1. The van der Waals surface area contributed by atoms with E-state index in [2.05, 4.69) is 15.0 Å². The number of rotatable bonds is 5. The second-order valence-corrected chi connectivity index (χ2v) is 6.58. The molecule has 2 aliphatic rings. The summed E-state index contributed by atoms with van der Waals surface area (Å²) in [7, 11) is 0. The van der Waals surface area contributed by atoms with Gasteiger partial charge >= 0.3 is 6.61 Å². The van der Waals surface area contributed by atoms with E-state index in [4.69, 9.17) is 0 Å². The van der Waals surface area contributed by atoms with Gasteiger partial charge in [-0.1, -0.05) is 31.4 Å². The molecule has 1 saturated carbocycles. The largest absolute Gasteiger partial charge is 0.435 e. The SMILES string of the molecule is Cl.FC(F)Oc1ccc([C@H](C2CCCCC2)N2CCNCC2)cc1. The van der Waals surface area contributed by atoms with Gasteiger partial charge in [0.05, 0.1) is 0 Å². The summed E-state index contributed by atoms with van der Waals surface area (Å²) in [6.45, 7) is 1.39. The van der Waals surface area contributed by atoms with E-state index in [9.17, 15) is 8.78 Å². The van der Waals surface area contributed by atoms with Gasteiger partial charge in [-0.25, -0.2) is 0 Å². The van der Waals surface area contributed by atoms with Crippen LogP contribution in [0.15, 0.2) is 24.3 Å². The monoisotopic (exact) mass is 360 g/mol. The summed E-state index contributed by atoms with van der Waals surface area (Å²) in [5.41, 5.74) is 1.24. The number of piperazine rings is 1. The molecule has 3 rings (SSSR count). The van der Waals surface area contributed by atoms with Crippen LogP contribution in [-0.2, 0) is 0 Å². The van der Waals surface area contributed by atoms with Crippen molar-refractivity contribution in [2.24, 2.45) is 5.92 Å². The zero-order valence-electron chi connectivity index (χ0n) is 13.9. The van der Waals surface area contributed by atoms with Crippen molar-refractivity contribution in [2.45, 2.75) is 44.8 Å². The molecule has 0 radical (unpaired) electrons. The lowest BCUT2D eigenvalue weighted by molar-refractivity contribution is -0.0498. The molecule has 3 nitrogen and oxygen atoms in total. The van der Waals surface area contributed by atoms with Gasteiger partial charge in [-0.2, -0.15) is 8.78 Å². The Kier molecular flexibility index (Phi) is 7.72. The van der Waals surface area contributed by atoms with Crippen molar-refractivity contribution in [1.82, 2.24) is 10.2 Å². The quantitative estimate of drug-likeness (QED) is 0.850. The summed E-state index contributed by atoms with van der Waals surface area (Å²) in [5, 5.41) is 3.41. The Morgan fingerprint density at radius 2 is 1.62 bits per heavy atom. The van der Waals surface area contributed by atoms with Crippen molar-refractivity contribution in [1.29, 1.82) is 0 Å². The van der Waals surface area contributed by atoms with Crippen LogP contribution in [0.25, 0.3) is 0 Å². The first-order chi connectivity index (χ1) is 11.2. The fraction of sp³-hybridized carbons (Fsp3) is 0.667. The lowest BCUT2D eigenvalue weighted by Gasteiger charge is -2.41. The van der Waals surface area contributed by atoms with E-state index in [1.807, 2.05) is 12.1 Å². The number of nitrogens with one attached hydrogen (secondary N) is 1. The van der Waals surface area contributed by atoms with Crippen LogP contribution in [0.4, 0.5) is 8.78 Å². The van der Waals surface area contributed by atoms with Gasteiger partial charge in [-0.3, -0.25) is 4.90 Å². The summed E-state index contributed by atoms with van der Waals surface area (Å²) < 4.78 is 29.1. The first kappa shape index (κ1) is 19.4. The molecule has 1 heterocycles. The topological polar surface area (TPSA) is 24.5 Å². The van der Waals surface area contributed by atoms with E-state index in [1.54, 1.807) is 12.1 Å². The highest BCUT2D eigenvalue weighted by Gasteiger charge is 2.30. The Hall–Kier alpha value is -0.910. The van der Waals surface area contributed by atoms with Crippen molar-refractivity contribution >= 4 is 12.4 Å². The molecule has 1 aliphatic carbocycles. The molecular weight excluding hydrogens is 334 g/mol. The maximum atomic E-state index is 12.3. The first-order valence-electron chi connectivity index (χ1n) is 8.73. The molecule has 0 bridgehead atoms. The fourth-order valence-corrected chi connectivity index (χ4v) is 4.04. The highest BCUT2D eigenvalue weighted by atomic mass is 35.5. The van der Waals surface area contributed by atoms with E-state index in [0.29, 0.717) is 12.0 Å². The van der Waals surface area contributed by atoms with Gasteiger partial charge in [0.1, 0.15) is 5.75 Å². The molecule has 1 aromatic carbocycles. The lowest BCUT2D eigenvalue weighted by atomic mass is 9.80. The van der Waals surface area contributed by atoms with Gasteiger partial charge in [0.15, 0.2) is 0 Å². The molecule has 24 heavy (non-hydrogen) atoms. The van der Waals surface area contributed by atoms with Gasteiger partial charge in [0, 0.05) is 32.2 Å². The maximum Gasteiger partial charge on any atom is 0.387 e. The Labute approximate surface area is 149 Å². The molecule has 1 aliphatic heterocycles. The second kappa shape index (κ2) is 9.54. The smallest absolute Gasteiger partial charge is 0.387 e. The Morgan fingerprint density at radius 1 is 1.00 bits per heavy atom. The molecule has 2 fully saturated rings. The summed E-state index contributed by atoms with van der Waals surface area (Å²) >= 11 is 0. The number of nitrogens with zero attached hydrogens (tertiary/aromatic N) is 1. The van der Waals surface area contributed by atoms with Gasteiger partial charge < -0.3 is 10.1 Å². The second-order valence-electron chi connectivity index (χ2n) is 6.58. The molecular formula is C18H27ClF2N2O. The van der Waals surface area contributed by atoms with Crippen LogP contribution in [0.3, 0.4) is 0 Å². The molecule has 1 N–H and O–H groups in total. The van der Waals surface area contributed by atoms with E-state index >= 15 is 0 Å². The zero-order chi connectivity index (χ0) is 16.1. The van der Waals surface area contributed by atoms with Crippen LogP contribution in [0.1, 0.15) is 43.7 Å². The van der Waals surface area contributed by atoms with E-state index in [0.717, 1.165) is 26.2 Å². The molecule has 0 amide bonds. The number of halogens is 3. The molecule has 0 aromatic heterocycles. The fourth-order valence-electron chi connectivity index (χ4n) is 4.04. The molecule has 0 spiro atoms. The van der Waals surface area contributed by atoms with Crippen LogP contribution in [0, 0.1) is 5.92 Å².